The second-order valence-corrected chi connectivity index (χ2v) is 9.17. The fourth-order valence-electron chi connectivity index (χ4n) is 3.41. The van der Waals surface area contributed by atoms with Crippen LogP contribution in [-0.4, -0.2) is 50.4 Å². The van der Waals surface area contributed by atoms with Crippen molar-refractivity contribution in [3.05, 3.63) is 83.5 Å². The predicted octanol–water partition coefficient (Wildman–Crippen LogP) is 3.50. The monoisotopic (exact) mass is 456 g/mol. The second kappa shape index (κ2) is 8.95. The summed E-state index contributed by atoms with van der Waals surface area (Å²) in [4.78, 5) is 21.1. The van der Waals surface area contributed by atoms with Crippen LogP contribution in [0.3, 0.4) is 0 Å². The quantitative estimate of drug-likeness (QED) is 0.635. The summed E-state index contributed by atoms with van der Waals surface area (Å²) in [6.07, 6.45) is 1.70. The molecule has 3 aromatic rings. The van der Waals surface area contributed by atoms with Gasteiger partial charge in [0.2, 0.25) is 0 Å². The van der Waals surface area contributed by atoms with E-state index in [1.807, 2.05) is 6.07 Å². The van der Waals surface area contributed by atoms with Gasteiger partial charge in [0.1, 0.15) is 5.82 Å². The molecule has 0 unspecified atom stereocenters. The minimum atomic E-state index is -3.72. The van der Waals surface area contributed by atoms with Gasteiger partial charge >= 0.3 is 0 Å². The lowest BCUT2D eigenvalue weighted by atomic mass is 10.2. The first-order valence-electron chi connectivity index (χ1n) is 9.77. The normalized spacial score (nSPS) is 14.4. The summed E-state index contributed by atoms with van der Waals surface area (Å²) < 4.78 is 27.6. The molecule has 7 nitrogen and oxygen atoms in total. The van der Waals surface area contributed by atoms with Crippen molar-refractivity contribution in [1.82, 2.24) is 9.88 Å². The lowest BCUT2D eigenvalue weighted by Gasteiger charge is -2.35. The Morgan fingerprint density at radius 3 is 2.23 bits per heavy atom. The minimum Gasteiger partial charge on any atom is -0.352 e. The van der Waals surface area contributed by atoms with Crippen LogP contribution in [0.5, 0.6) is 0 Å². The van der Waals surface area contributed by atoms with E-state index in [1.165, 1.54) is 12.1 Å². The zero-order valence-electron chi connectivity index (χ0n) is 16.6. The molecule has 1 saturated heterocycles. The molecule has 2 aromatic carbocycles. The fraction of sp³-hybridized carbons (Fsp3) is 0.182. The molecule has 0 bridgehead atoms. The summed E-state index contributed by atoms with van der Waals surface area (Å²) in [7, 11) is -3.72. The van der Waals surface area contributed by atoms with Crippen LogP contribution in [0.2, 0.25) is 5.02 Å². The van der Waals surface area contributed by atoms with Gasteiger partial charge in [-0.15, -0.1) is 0 Å². The standard InChI is InChI=1S/C22H21ClN4O3S/c23-20-7-4-12-24-21(20)26-13-15-27(16-14-26)22(28)17-8-10-19(11-9-17)31(29,30)25-18-5-2-1-3-6-18/h1-12,25H,13-16H2. The maximum Gasteiger partial charge on any atom is 0.261 e. The Morgan fingerprint density at radius 1 is 0.903 bits per heavy atom. The molecule has 0 saturated carbocycles. The number of hydrogen-bond acceptors (Lipinski definition) is 5. The third-order valence-electron chi connectivity index (χ3n) is 5.04. The van der Waals surface area contributed by atoms with Crippen LogP contribution < -0.4 is 9.62 Å². The van der Waals surface area contributed by atoms with Gasteiger partial charge in [-0.05, 0) is 48.5 Å². The zero-order chi connectivity index (χ0) is 21.8. The highest BCUT2D eigenvalue weighted by molar-refractivity contribution is 7.92. The molecule has 1 fully saturated rings. The molecule has 1 aliphatic heterocycles. The van der Waals surface area contributed by atoms with E-state index in [1.54, 1.807) is 59.6 Å². The largest absolute Gasteiger partial charge is 0.352 e. The summed E-state index contributed by atoms with van der Waals surface area (Å²) in [6.45, 7) is 2.30. The van der Waals surface area contributed by atoms with Crippen LogP contribution in [0.25, 0.3) is 0 Å². The molecule has 160 valence electrons. The number of para-hydroxylation sites is 1. The van der Waals surface area contributed by atoms with Crippen molar-refractivity contribution in [2.75, 3.05) is 35.8 Å². The molecule has 0 atom stereocenters. The van der Waals surface area contributed by atoms with Gasteiger partial charge in [0, 0.05) is 43.6 Å². The number of nitrogens with zero attached hydrogens (tertiary/aromatic N) is 3. The Labute approximate surface area is 186 Å². The van der Waals surface area contributed by atoms with Gasteiger partial charge in [0.25, 0.3) is 15.9 Å². The molecule has 0 radical (unpaired) electrons. The van der Waals surface area contributed by atoms with Gasteiger partial charge in [-0.1, -0.05) is 29.8 Å². The van der Waals surface area contributed by atoms with Crippen molar-refractivity contribution in [2.24, 2.45) is 0 Å². The Kier molecular flexibility index (Phi) is 6.11. The summed E-state index contributed by atoms with van der Waals surface area (Å²) >= 11 is 6.22. The molecule has 9 heteroatoms. The summed E-state index contributed by atoms with van der Waals surface area (Å²) in [5, 5.41) is 0.586. The first kappa shape index (κ1) is 21.1. The molecule has 1 aromatic heterocycles. The molecular formula is C22H21ClN4O3S. The molecule has 2 heterocycles. The minimum absolute atomic E-state index is 0.0996. The second-order valence-electron chi connectivity index (χ2n) is 7.08. The number of aromatic nitrogens is 1. The highest BCUT2D eigenvalue weighted by atomic mass is 35.5. The Bertz CT molecular complexity index is 1160. The van der Waals surface area contributed by atoms with E-state index >= 15 is 0 Å². The first-order chi connectivity index (χ1) is 14.9. The van der Waals surface area contributed by atoms with E-state index in [9.17, 15) is 13.2 Å². The van der Waals surface area contributed by atoms with Crippen molar-refractivity contribution in [1.29, 1.82) is 0 Å². The van der Waals surface area contributed by atoms with E-state index in [-0.39, 0.29) is 10.8 Å². The summed E-state index contributed by atoms with van der Waals surface area (Å²) in [5.41, 5.74) is 0.927. The lowest BCUT2D eigenvalue weighted by Crippen LogP contribution is -2.49. The van der Waals surface area contributed by atoms with Crippen LogP contribution in [0.1, 0.15) is 10.4 Å². The van der Waals surface area contributed by atoms with Gasteiger partial charge < -0.3 is 9.80 Å². The van der Waals surface area contributed by atoms with E-state index < -0.39 is 10.0 Å². The SMILES string of the molecule is O=C(c1ccc(S(=O)(=O)Nc2ccccc2)cc1)N1CCN(c2ncccc2Cl)CC1. The fourth-order valence-corrected chi connectivity index (χ4v) is 4.71. The molecular weight excluding hydrogens is 436 g/mol. The highest BCUT2D eigenvalue weighted by Crippen LogP contribution is 2.24. The lowest BCUT2D eigenvalue weighted by molar-refractivity contribution is 0.0746. The molecule has 0 spiro atoms. The molecule has 0 aliphatic carbocycles. The van der Waals surface area contributed by atoms with Crippen molar-refractivity contribution < 1.29 is 13.2 Å². The Morgan fingerprint density at radius 2 is 1.58 bits per heavy atom. The number of carbonyl (C=O) groups is 1. The van der Waals surface area contributed by atoms with Gasteiger partial charge in [0.05, 0.1) is 9.92 Å². The molecule has 1 amide bonds. The van der Waals surface area contributed by atoms with Gasteiger partial charge in [-0.2, -0.15) is 0 Å². The smallest absolute Gasteiger partial charge is 0.261 e. The topological polar surface area (TPSA) is 82.6 Å². The van der Waals surface area contributed by atoms with E-state index in [0.717, 1.165) is 5.82 Å². The zero-order valence-corrected chi connectivity index (χ0v) is 18.2. The molecule has 1 aliphatic rings. The first-order valence-corrected chi connectivity index (χ1v) is 11.6. The third kappa shape index (κ3) is 4.81. The van der Waals surface area contributed by atoms with E-state index in [0.29, 0.717) is 42.5 Å². The number of hydrogen-bond donors (Lipinski definition) is 1. The number of sulfonamides is 1. The number of rotatable bonds is 5. The molecule has 1 N–H and O–H groups in total. The number of pyridine rings is 1. The Balaban J connectivity index is 1.40. The predicted molar refractivity (Wildman–Crippen MR) is 121 cm³/mol. The van der Waals surface area contributed by atoms with Gasteiger partial charge in [0.15, 0.2) is 0 Å². The number of anilines is 2. The van der Waals surface area contributed by atoms with Crippen molar-refractivity contribution in [3.8, 4) is 0 Å². The Hall–Kier alpha value is -3.10. The highest BCUT2D eigenvalue weighted by Gasteiger charge is 2.24. The average molecular weight is 457 g/mol. The van der Waals surface area contributed by atoms with Crippen molar-refractivity contribution in [3.63, 3.8) is 0 Å². The third-order valence-corrected chi connectivity index (χ3v) is 6.74. The van der Waals surface area contributed by atoms with Crippen LogP contribution in [0.4, 0.5) is 11.5 Å². The number of nitrogens with one attached hydrogen (secondary N) is 1. The van der Waals surface area contributed by atoms with Crippen molar-refractivity contribution in [2.45, 2.75) is 4.90 Å². The van der Waals surface area contributed by atoms with Crippen molar-refractivity contribution >= 4 is 39.0 Å². The van der Waals surface area contributed by atoms with Crippen LogP contribution >= 0.6 is 11.6 Å². The average Bonchev–Trinajstić information content (AvgIpc) is 2.80. The van der Waals surface area contributed by atoms with Crippen LogP contribution in [0.15, 0.2) is 77.8 Å². The number of carbonyl (C=O) groups excluding carboxylic acids is 1. The summed E-state index contributed by atoms with van der Waals surface area (Å²) in [5.74, 6) is 0.587. The molecule has 4 rings (SSSR count). The van der Waals surface area contributed by atoms with Gasteiger partial charge in [-0.25, -0.2) is 13.4 Å². The maximum absolute atomic E-state index is 12.9. The molecule has 31 heavy (non-hydrogen) atoms. The van der Waals surface area contributed by atoms with Crippen LogP contribution in [-0.2, 0) is 10.0 Å². The van der Waals surface area contributed by atoms with E-state index in [4.69, 9.17) is 11.6 Å². The number of piperazine rings is 1. The van der Waals surface area contributed by atoms with E-state index in [2.05, 4.69) is 14.6 Å². The summed E-state index contributed by atoms with van der Waals surface area (Å²) in [6, 6.07) is 18.2. The van der Waals surface area contributed by atoms with Crippen LogP contribution in [0, 0.1) is 0 Å². The number of amides is 1. The number of halogens is 1. The van der Waals surface area contributed by atoms with Gasteiger partial charge in [-0.3, -0.25) is 9.52 Å². The maximum atomic E-state index is 12.9. The number of benzene rings is 2.